The lowest BCUT2D eigenvalue weighted by atomic mass is 9.81. The molecule has 5 nitrogen and oxygen atoms in total. The van der Waals surface area contributed by atoms with Crippen LogP contribution in [0.25, 0.3) is 0 Å². The summed E-state index contributed by atoms with van der Waals surface area (Å²) < 4.78 is 54.2. The Bertz CT molecular complexity index is 894. The number of nitrogens with one attached hydrogen (secondary N) is 1. The molecule has 1 saturated carbocycles. The predicted molar refractivity (Wildman–Crippen MR) is 103 cm³/mol. The molecule has 0 saturated heterocycles. The van der Waals surface area contributed by atoms with E-state index in [2.05, 4.69) is 15.4 Å². The van der Waals surface area contributed by atoms with Gasteiger partial charge >= 0.3 is 0 Å². The fourth-order valence-electron chi connectivity index (χ4n) is 3.49. The number of aromatic nitrogens is 3. The van der Waals surface area contributed by atoms with Crippen LogP contribution in [0.1, 0.15) is 47.4 Å². The topological polar surface area (TPSA) is 59.8 Å². The Kier molecular flexibility index (Phi) is 6.21. The van der Waals surface area contributed by atoms with Crippen LogP contribution < -0.4 is 5.32 Å². The maximum Gasteiger partial charge on any atom is 0.274 e. The van der Waals surface area contributed by atoms with E-state index < -0.39 is 24.2 Å². The van der Waals surface area contributed by atoms with Crippen LogP contribution in [0, 0.1) is 12.8 Å². The standard InChI is InChI=1S/C19H22F4N4OS/c1-10-15(11(2)17(20)21)26-27(9-12-7-19(22,23)8-12)16(10)18(28)25-13-4-5-24-14(6-13)29-3/h4-6,11-12,17H,7-9H2,1-3H3,(H,24,25,28). The minimum absolute atomic E-state index is 0.0849. The number of amides is 1. The van der Waals surface area contributed by atoms with E-state index in [0.29, 0.717) is 16.3 Å². The number of pyridine rings is 1. The number of carbonyl (C=O) groups excluding carboxylic acids is 1. The highest BCUT2D eigenvalue weighted by Crippen LogP contribution is 2.43. The normalized spacial score (nSPS) is 17.2. The fourth-order valence-corrected chi connectivity index (χ4v) is 3.90. The largest absolute Gasteiger partial charge is 0.321 e. The zero-order chi connectivity index (χ0) is 21.3. The van der Waals surface area contributed by atoms with Gasteiger partial charge in [0.15, 0.2) is 0 Å². The number of thioether (sulfide) groups is 1. The number of anilines is 1. The molecule has 1 aliphatic carbocycles. The third-order valence-electron chi connectivity index (χ3n) is 5.06. The summed E-state index contributed by atoms with van der Waals surface area (Å²) in [7, 11) is 0. The molecule has 0 aromatic carbocycles. The minimum atomic E-state index is -2.71. The molecule has 0 radical (unpaired) electrons. The number of rotatable bonds is 7. The van der Waals surface area contributed by atoms with Crippen molar-refractivity contribution in [2.45, 2.75) is 56.5 Å². The molecule has 1 fully saturated rings. The van der Waals surface area contributed by atoms with Gasteiger partial charge in [0, 0.05) is 36.8 Å². The maximum atomic E-state index is 13.2. The van der Waals surface area contributed by atoms with Crippen LogP contribution in [0.3, 0.4) is 0 Å². The molecule has 158 valence electrons. The molecule has 1 N–H and O–H groups in total. The van der Waals surface area contributed by atoms with E-state index in [1.165, 1.54) is 23.4 Å². The second-order valence-electron chi connectivity index (χ2n) is 7.34. The summed E-state index contributed by atoms with van der Waals surface area (Å²) in [4.78, 5) is 17.1. The van der Waals surface area contributed by atoms with Crippen molar-refractivity contribution in [3.63, 3.8) is 0 Å². The van der Waals surface area contributed by atoms with Gasteiger partial charge < -0.3 is 5.32 Å². The van der Waals surface area contributed by atoms with E-state index in [0.717, 1.165) is 0 Å². The Morgan fingerprint density at radius 2 is 2.10 bits per heavy atom. The summed E-state index contributed by atoms with van der Waals surface area (Å²) in [5, 5.41) is 7.65. The summed E-state index contributed by atoms with van der Waals surface area (Å²) in [5.41, 5.74) is 1.06. The number of nitrogens with zero attached hydrogens (tertiary/aromatic N) is 3. The Morgan fingerprint density at radius 1 is 1.41 bits per heavy atom. The molecule has 2 aromatic heterocycles. The number of halogens is 4. The van der Waals surface area contributed by atoms with Crippen LogP contribution >= 0.6 is 11.8 Å². The molecule has 29 heavy (non-hydrogen) atoms. The summed E-state index contributed by atoms with van der Waals surface area (Å²) in [5.74, 6) is -4.75. The first kappa shape index (κ1) is 21.6. The van der Waals surface area contributed by atoms with Crippen molar-refractivity contribution in [3.8, 4) is 0 Å². The highest BCUT2D eigenvalue weighted by atomic mass is 32.2. The maximum absolute atomic E-state index is 13.2. The zero-order valence-corrected chi connectivity index (χ0v) is 17.1. The highest BCUT2D eigenvalue weighted by molar-refractivity contribution is 7.98. The van der Waals surface area contributed by atoms with Crippen molar-refractivity contribution in [2.24, 2.45) is 5.92 Å². The van der Waals surface area contributed by atoms with Gasteiger partial charge in [-0.25, -0.2) is 22.5 Å². The van der Waals surface area contributed by atoms with Crippen molar-refractivity contribution in [2.75, 3.05) is 11.6 Å². The molecular weight excluding hydrogens is 408 g/mol. The molecule has 3 rings (SSSR count). The van der Waals surface area contributed by atoms with Crippen LogP contribution in [-0.4, -0.2) is 39.3 Å². The van der Waals surface area contributed by atoms with Gasteiger partial charge in [-0.1, -0.05) is 6.92 Å². The van der Waals surface area contributed by atoms with E-state index >= 15 is 0 Å². The van der Waals surface area contributed by atoms with Gasteiger partial charge in [0.1, 0.15) is 5.69 Å². The first-order valence-corrected chi connectivity index (χ1v) is 10.4. The smallest absolute Gasteiger partial charge is 0.274 e. The molecule has 2 aromatic rings. The molecular formula is C19H22F4N4OS. The number of carbonyl (C=O) groups is 1. The fraction of sp³-hybridized carbons (Fsp3) is 0.526. The lowest BCUT2D eigenvalue weighted by Crippen LogP contribution is -2.38. The summed E-state index contributed by atoms with van der Waals surface area (Å²) in [6.45, 7) is 2.97. The Balaban J connectivity index is 1.90. The molecule has 0 spiro atoms. The molecule has 1 unspecified atom stereocenters. The van der Waals surface area contributed by atoms with Crippen molar-refractivity contribution < 1.29 is 22.4 Å². The van der Waals surface area contributed by atoms with Gasteiger partial charge in [-0.2, -0.15) is 5.10 Å². The van der Waals surface area contributed by atoms with Crippen LogP contribution in [0.15, 0.2) is 23.4 Å². The average Bonchev–Trinajstić information content (AvgIpc) is 2.95. The van der Waals surface area contributed by atoms with Crippen molar-refractivity contribution in [1.29, 1.82) is 0 Å². The molecule has 10 heteroatoms. The van der Waals surface area contributed by atoms with Gasteiger partial charge in [-0.15, -0.1) is 11.8 Å². The highest BCUT2D eigenvalue weighted by Gasteiger charge is 2.45. The third-order valence-corrected chi connectivity index (χ3v) is 5.70. The number of alkyl halides is 4. The van der Waals surface area contributed by atoms with Crippen LogP contribution in [0.5, 0.6) is 0 Å². The first-order chi connectivity index (χ1) is 13.6. The van der Waals surface area contributed by atoms with Crippen molar-refractivity contribution >= 4 is 23.4 Å². The monoisotopic (exact) mass is 430 g/mol. The molecule has 1 atom stereocenters. The SMILES string of the molecule is CSc1cc(NC(=O)c2c(C)c(C(C)C(F)F)nn2CC2CC(F)(F)C2)ccn1. The quantitative estimate of drug-likeness (QED) is 0.498. The van der Waals surface area contributed by atoms with Gasteiger partial charge in [-0.05, 0) is 31.2 Å². The van der Waals surface area contributed by atoms with Crippen LogP contribution in [0.2, 0.25) is 0 Å². The van der Waals surface area contributed by atoms with E-state index in [1.807, 2.05) is 6.26 Å². The first-order valence-electron chi connectivity index (χ1n) is 9.16. The third kappa shape index (κ3) is 4.73. The van der Waals surface area contributed by atoms with E-state index in [9.17, 15) is 22.4 Å². The molecule has 1 amide bonds. The zero-order valence-electron chi connectivity index (χ0n) is 16.3. The van der Waals surface area contributed by atoms with E-state index in [4.69, 9.17) is 0 Å². The van der Waals surface area contributed by atoms with Gasteiger partial charge in [-0.3, -0.25) is 9.48 Å². The molecule has 0 aliphatic heterocycles. The van der Waals surface area contributed by atoms with E-state index in [1.54, 1.807) is 25.3 Å². The van der Waals surface area contributed by atoms with Crippen molar-refractivity contribution in [1.82, 2.24) is 14.8 Å². The van der Waals surface area contributed by atoms with Crippen LogP contribution in [0.4, 0.5) is 23.2 Å². The van der Waals surface area contributed by atoms with Crippen LogP contribution in [-0.2, 0) is 6.54 Å². The van der Waals surface area contributed by atoms with Crippen molar-refractivity contribution in [3.05, 3.63) is 35.3 Å². The second kappa shape index (κ2) is 8.33. The lowest BCUT2D eigenvalue weighted by molar-refractivity contribution is -0.114. The second-order valence-corrected chi connectivity index (χ2v) is 8.16. The number of hydrogen-bond acceptors (Lipinski definition) is 4. The average molecular weight is 430 g/mol. The molecule has 2 heterocycles. The van der Waals surface area contributed by atoms with Gasteiger partial charge in [0.05, 0.1) is 16.6 Å². The van der Waals surface area contributed by atoms with Gasteiger partial charge in [0.2, 0.25) is 12.3 Å². The van der Waals surface area contributed by atoms with E-state index in [-0.39, 0.29) is 36.7 Å². The Hall–Kier alpha value is -2.10. The molecule has 1 aliphatic rings. The predicted octanol–water partition coefficient (Wildman–Crippen LogP) is 4.97. The Morgan fingerprint density at radius 3 is 2.69 bits per heavy atom. The lowest BCUT2D eigenvalue weighted by Gasteiger charge is -2.35. The number of hydrogen-bond donors (Lipinski definition) is 1. The molecule has 0 bridgehead atoms. The Labute approximate surface area is 170 Å². The van der Waals surface area contributed by atoms with Gasteiger partial charge in [0.25, 0.3) is 5.91 Å². The summed E-state index contributed by atoms with van der Waals surface area (Å²) >= 11 is 1.41. The summed E-state index contributed by atoms with van der Waals surface area (Å²) in [6, 6.07) is 3.30. The minimum Gasteiger partial charge on any atom is -0.321 e. The summed E-state index contributed by atoms with van der Waals surface area (Å²) in [6.07, 6.45) is 0.152.